The number of carbonyl (C=O) groups excluding carboxylic acids is 1. The molecule has 2 heterocycles. The third-order valence-electron chi connectivity index (χ3n) is 8.39. The fraction of sp³-hybridized carbons (Fsp3) is 0.586. The third kappa shape index (κ3) is 7.94. The van der Waals surface area contributed by atoms with Crippen molar-refractivity contribution in [3.05, 3.63) is 41.2 Å². The summed E-state index contributed by atoms with van der Waals surface area (Å²) in [4.78, 5) is 23.7. The maximum atomic E-state index is 14.4. The first kappa shape index (κ1) is 32.1. The summed E-state index contributed by atoms with van der Waals surface area (Å²) in [6.07, 6.45) is 8.11. The molecule has 1 saturated carbocycles. The lowest BCUT2D eigenvalue weighted by molar-refractivity contribution is 0.000898. The summed E-state index contributed by atoms with van der Waals surface area (Å²) in [6.45, 7) is 1.86. The molecule has 1 amide bonds. The zero-order valence-corrected chi connectivity index (χ0v) is 25.7. The minimum atomic E-state index is -3.63. The third-order valence-corrected chi connectivity index (χ3v) is 9.88. The van der Waals surface area contributed by atoms with Gasteiger partial charge in [0.1, 0.15) is 5.75 Å². The Bertz CT molecular complexity index is 1360. The largest absolute Gasteiger partial charge is 0.495 e. The van der Waals surface area contributed by atoms with Gasteiger partial charge in [0.25, 0.3) is 5.91 Å². The number of piperidine rings is 1. The molecule has 3 atom stereocenters. The van der Waals surface area contributed by atoms with Crippen LogP contribution in [-0.4, -0.2) is 87.8 Å². The zero-order chi connectivity index (χ0) is 30.7. The van der Waals surface area contributed by atoms with E-state index < -0.39 is 21.3 Å². The summed E-state index contributed by atoms with van der Waals surface area (Å²) in [7, 11) is 2.85. The van der Waals surface area contributed by atoms with Crippen molar-refractivity contribution in [2.24, 2.45) is 11.7 Å². The molecule has 0 radical (unpaired) electrons. The van der Waals surface area contributed by atoms with Gasteiger partial charge in [-0.2, -0.15) is 8.78 Å². The quantitative estimate of drug-likeness (QED) is 0.278. The number of aromatic nitrogens is 2. The molecule has 4 rings (SSSR count). The number of halogens is 2. The van der Waals surface area contributed by atoms with Gasteiger partial charge in [-0.25, -0.2) is 14.3 Å². The van der Waals surface area contributed by atoms with Crippen LogP contribution < -0.4 is 21.1 Å². The van der Waals surface area contributed by atoms with Crippen LogP contribution in [0, 0.1) is 5.92 Å². The van der Waals surface area contributed by atoms with Crippen LogP contribution in [0.5, 0.6) is 5.75 Å². The van der Waals surface area contributed by atoms with Crippen molar-refractivity contribution in [1.29, 1.82) is 0 Å². The number of rotatable bonds is 10. The lowest BCUT2D eigenvalue weighted by atomic mass is 9.81. The van der Waals surface area contributed by atoms with Gasteiger partial charge in [0.15, 0.2) is 0 Å². The van der Waals surface area contributed by atoms with Crippen LogP contribution in [0.25, 0.3) is 0 Å². The van der Waals surface area contributed by atoms with Crippen LogP contribution in [0.15, 0.2) is 24.4 Å². The number of methoxy groups -OCH3 is 1. The molecular weight excluding hydrogens is 564 g/mol. The highest BCUT2D eigenvalue weighted by Crippen LogP contribution is 2.35. The second-order valence-electron chi connectivity index (χ2n) is 11.6. The monoisotopic (exact) mass is 607 g/mol. The summed E-state index contributed by atoms with van der Waals surface area (Å²) in [5.74, 6) is 4.03. The Morgan fingerprint density at radius 2 is 1.95 bits per heavy atom. The van der Waals surface area contributed by atoms with Crippen molar-refractivity contribution in [1.82, 2.24) is 24.5 Å². The Morgan fingerprint density at radius 3 is 2.60 bits per heavy atom. The van der Waals surface area contributed by atoms with E-state index in [-0.39, 0.29) is 42.0 Å². The summed E-state index contributed by atoms with van der Waals surface area (Å²) < 4.78 is 48.9. The number of nitrogens with two attached hydrogens (primary N) is 1. The first-order valence-electron chi connectivity index (χ1n) is 14.3. The number of likely N-dealkylation sites (tertiary alicyclic amines) is 1. The summed E-state index contributed by atoms with van der Waals surface area (Å²) in [6, 6.07) is 1.36. The van der Waals surface area contributed by atoms with E-state index in [0.29, 0.717) is 17.0 Å². The lowest BCUT2D eigenvalue weighted by Crippen LogP contribution is -2.44. The molecule has 42 heavy (non-hydrogen) atoms. The number of amides is 1. The molecule has 2 aliphatic rings. The minimum Gasteiger partial charge on any atom is -0.495 e. The van der Waals surface area contributed by atoms with Gasteiger partial charge in [-0.3, -0.25) is 14.7 Å². The fourth-order valence-corrected chi connectivity index (χ4v) is 6.68. The highest BCUT2D eigenvalue weighted by atomic mass is 32.2. The summed E-state index contributed by atoms with van der Waals surface area (Å²) in [5.41, 5.74) is 5.84. The van der Waals surface area contributed by atoms with Crippen molar-refractivity contribution < 1.29 is 22.5 Å². The van der Waals surface area contributed by atoms with Crippen LogP contribution in [0.1, 0.15) is 60.1 Å². The molecular formula is C29H43F2N7O3S. The van der Waals surface area contributed by atoms with Gasteiger partial charge < -0.3 is 20.3 Å². The van der Waals surface area contributed by atoms with E-state index in [0.717, 1.165) is 57.8 Å². The molecule has 10 nitrogen and oxygen atoms in total. The Hall–Kier alpha value is -2.87. The fourth-order valence-electron chi connectivity index (χ4n) is 5.83. The average molecular weight is 608 g/mol. The Morgan fingerprint density at radius 1 is 1.26 bits per heavy atom. The molecule has 4 N–H and O–H groups in total. The number of anilines is 2. The molecule has 1 aromatic heterocycles. The minimum absolute atomic E-state index is 0.0629. The van der Waals surface area contributed by atoms with Crippen molar-refractivity contribution in [3.63, 3.8) is 0 Å². The zero-order valence-electron chi connectivity index (χ0n) is 24.9. The standard InChI is InChI=1S/C29H43F2N7O3S/c1-37-14-12-21(13-15-37)34-27(39)20-10-11-23(26(17-20)41-3)35-28-33-18-22(29(30,31)32)24(36-28)16-19-8-6-7-9-25(19)38(2)42(4,5)40/h10-11,17-19,21,25H,4,6-9,12-16,32H2,1-3,5H3,(H,34,39)(H,33,35,36)/t19-,25+,42?/m0/s1. The van der Waals surface area contributed by atoms with Crippen molar-refractivity contribution in [2.45, 2.75) is 63.1 Å². The Balaban J connectivity index is 1.56. The second kappa shape index (κ2) is 13.2. The van der Waals surface area contributed by atoms with E-state index >= 15 is 0 Å². The van der Waals surface area contributed by atoms with Crippen LogP contribution in [-0.2, 0) is 22.2 Å². The van der Waals surface area contributed by atoms with Gasteiger partial charge in [-0.05, 0) is 89.3 Å². The maximum Gasteiger partial charge on any atom is 0.330 e. The van der Waals surface area contributed by atoms with Crippen LogP contribution in [0.3, 0.4) is 0 Å². The summed E-state index contributed by atoms with van der Waals surface area (Å²) in [5, 5.41) is 6.14. The smallest absolute Gasteiger partial charge is 0.330 e. The molecule has 1 aliphatic carbocycles. The Kier molecular flexibility index (Phi) is 10.1. The summed E-state index contributed by atoms with van der Waals surface area (Å²) >= 11 is 0. The van der Waals surface area contributed by atoms with E-state index in [2.05, 4.69) is 38.4 Å². The molecule has 0 spiro atoms. The van der Waals surface area contributed by atoms with E-state index in [9.17, 15) is 17.8 Å². The SMILES string of the molecule is C=S(C)(=O)N(C)[C@@H]1CCCC[C@H]1Cc1nc(Nc2ccc(C(=O)NC3CCN(C)CC3)cc2OC)ncc1C(N)(F)F. The van der Waals surface area contributed by atoms with Gasteiger partial charge >= 0.3 is 6.05 Å². The molecule has 13 heteroatoms. The molecule has 1 aliphatic heterocycles. The van der Waals surface area contributed by atoms with Crippen LogP contribution >= 0.6 is 0 Å². The van der Waals surface area contributed by atoms with Gasteiger partial charge in [-0.1, -0.05) is 12.8 Å². The van der Waals surface area contributed by atoms with E-state index in [1.165, 1.54) is 7.11 Å². The van der Waals surface area contributed by atoms with Gasteiger partial charge in [-0.15, -0.1) is 0 Å². The number of benzene rings is 1. The van der Waals surface area contributed by atoms with Gasteiger partial charge in [0.2, 0.25) is 5.95 Å². The number of carbonyl (C=O) groups is 1. The maximum absolute atomic E-state index is 14.4. The molecule has 2 fully saturated rings. The second-order valence-corrected chi connectivity index (χ2v) is 14.1. The molecule has 1 unspecified atom stereocenters. The number of ether oxygens (including phenoxy) is 1. The number of nitrogens with zero attached hydrogens (tertiary/aromatic N) is 4. The highest BCUT2D eigenvalue weighted by molar-refractivity contribution is 7.97. The molecule has 232 valence electrons. The van der Waals surface area contributed by atoms with Gasteiger partial charge in [0, 0.05) is 39.8 Å². The topological polar surface area (TPSA) is 126 Å². The Labute approximate surface area is 247 Å². The predicted octanol–water partition coefficient (Wildman–Crippen LogP) is 3.36. The van der Waals surface area contributed by atoms with E-state index in [4.69, 9.17) is 10.5 Å². The average Bonchev–Trinajstić information content (AvgIpc) is 2.93. The molecule has 2 aromatic rings. The number of hydrogen-bond donors (Lipinski definition) is 3. The van der Waals surface area contributed by atoms with Crippen molar-refractivity contribution >= 4 is 33.1 Å². The number of hydrogen-bond acceptors (Lipinski definition) is 8. The molecule has 0 bridgehead atoms. The van der Waals surface area contributed by atoms with E-state index in [1.807, 2.05) is 0 Å². The van der Waals surface area contributed by atoms with Crippen molar-refractivity contribution in [3.8, 4) is 5.75 Å². The first-order valence-corrected chi connectivity index (χ1v) is 16.4. The predicted molar refractivity (Wildman–Crippen MR) is 163 cm³/mol. The van der Waals surface area contributed by atoms with Crippen molar-refractivity contribution in [2.75, 3.05) is 45.9 Å². The normalized spacial score (nSPS) is 22.0. The lowest BCUT2D eigenvalue weighted by Gasteiger charge is -2.38. The van der Waals surface area contributed by atoms with E-state index in [1.54, 1.807) is 35.8 Å². The van der Waals surface area contributed by atoms with Gasteiger partial charge in [0.05, 0.1) is 24.1 Å². The van der Waals surface area contributed by atoms with Crippen LogP contribution in [0.4, 0.5) is 20.4 Å². The number of nitrogens with one attached hydrogen (secondary N) is 2. The number of alkyl halides is 2. The van der Waals surface area contributed by atoms with Crippen LogP contribution in [0.2, 0.25) is 0 Å². The first-order chi connectivity index (χ1) is 19.8. The molecule has 1 saturated heterocycles. The highest BCUT2D eigenvalue weighted by Gasteiger charge is 2.35. The molecule has 1 aromatic carbocycles.